The quantitative estimate of drug-likeness (QED) is 0.209. The molecule has 0 aliphatic heterocycles. The highest BCUT2D eigenvalue weighted by molar-refractivity contribution is 5.78. The number of nitrogen functional groups attached to an aromatic ring is 1. The molecule has 0 unspecified atom stereocenters. The maximum absolute atomic E-state index is 6.00. The molecular weight excluding hydrogens is 462 g/mol. The van der Waals surface area contributed by atoms with Crippen molar-refractivity contribution in [3.63, 3.8) is 0 Å². The molecule has 0 bridgehead atoms. The van der Waals surface area contributed by atoms with E-state index in [4.69, 9.17) is 14.9 Å². The van der Waals surface area contributed by atoms with E-state index in [1.807, 2.05) is 54.6 Å². The second-order valence-electron chi connectivity index (χ2n) is 8.44. The average molecular weight is 484 g/mol. The van der Waals surface area contributed by atoms with Gasteiger partial charge in [0.05, 0.1) is 11.3 Å². The van der Waals surface area contributed by atoms with Gasteiger partial charge in [0.15, 0.2) is 5.58 Å². The molecule has 4 aromatic heterocycles. The van der Waals surface area contributed by atoms with Crippen molar-refractivity contribution < 1.29 is 9.15 Å². The molecule has 0 atom stereocenters. The fourth-order valence-corrected chi connectivity index (χ4v) is 3.98. The summed E-state index contributed by atoms with van der Waals surface area (Å²) < 4.78 is 11.8. The Labute approximate surface area is 213 Å². The van der Waals surface area contributed by atoms with E-state index in [0.29, 0.717) is 23.1 Å². The maximum atomic E-state index is 6.00. The molecular formula is C30H21N5O2. The number of nitrogens with zero attached hydrogens (tertiary/aromatic N) is 4. The van der Waals surface area contributed by atoms with Crippen LogP contribution in [-0.4, -0.2) is 19.9 Å². The van der Waals surface area contributed by atoms with Gasteiger partial charge in [-0.1, -0.05) is 30.8 Å². The Kier molecular flexibility index (Phi) is 5.63. The lowest BCUT2D eigenvalue weighted by atomic mass is 10.0. The second-order valence-corrected chi connectivity index (χ2v) is 8.44. The standard InChI is InChI=1S/C30H21N5O2/c1-19(36-28-8-4-2-6-26(28)31)20-10-21(14-32-13-20)22-11-23(16-33-15-22)24-12-25(18-34-17-24)30-35-27-7-3-5-9-29(27)37-30/h2-18H,1,31H2. The lowest BCUT2D eigenvalue weighted by Gasteiger charge is -2.12. The molecule has 0 aliphatic rings. The lowest BCUT2D eigenvalue weighted by molar-refractivity contribution is 0.519. The summed E-state index contributed by atoms with van der Waals surface area (Å²) in [4.78, 5) is 17.9. The third kappa shape index (κ3) is 4.53. The number of hydrogen-bond donors (Lipinski definition) is 1. The molecule has 6 rings (SSSR count). The van der Waals surface area contributed by atoms with Crippen LogP contribution in [0.3, 0.4) is 0 Å². The highest BCUT2D eigenvalue weighted by Crippen LogP contribution is 2.31. The van der Waals surface area contributed by atoms with Crippen LogP contribution >= 0.6 is 0 Å². The molecule has 7 heteroatoms. The van der Waals surface area contributed by atoms with Crippen molar-refractivity contribution in [1.82, 2.24) is 19.9 Å². The van der Waals surface area contributed by atoms with Crippen LogP contribution in [0.25, 0.3) is 50.6 Å². The number of para-hydroxylation sites is 4. The minimum atomic E-state index is 0.451. The van der Waals surface area contributed by atoms with Gasteiger partial charge in [-0.15, -0.1) is 0 Å². The molecule has 0 aliphatic carbocycles. The molecule has 4 heterocycles. The van der Waals surface area contributed by atoms with Gasteiger partial charge in [-0.05, 0) is 42.5 Å². The van der Waals surface area contributed by atoms with Crippen molar-refractivity contribution in [1.29, 1.82) is 0 Å². The third-order valence-electron chi connectivity index (χ3n) is 5.90. The van der Waals surface area contributed by atoms with Crippen molar-refractivity contribution in [2.45, 2.75) is 0 Å². The summed E-state index contributed by atoms with van der Waals surface area (Å²) in [6.45, 7) is 4.06. The normalized spacial score (nSPS) is 10.9. The molecule has 2 N–H and O–H groups in total. The lowest BCUT2D eigenvalue weighted by Crippen LogP contribution is -1.98. The van der Waals surface area contributed by atoms with Crippen molar-refractivity contribution in [3.8, 4) is 39.5 Å². The number of benzene rings is 2. The van der Waals surface area contributed by atoms with Gasteiger partial charge in [0.2, 0.25) is 5.89 Å². The van der Waals surface area contributed by atoms with E-state index in [1.54, 1.807) is 49.3 Å². The molecule has 0 saturated carbocycles. The number of fused-ring (bicyclic) bond motifs is 1. The molecule has 0 amide bonds. The van der Waals surface area contributed by atoms with Gasteiger partial charge in [0, 0.05) is 65.0 Å². The Morgan fingerprint density at radius 3 is 2.03 bits per heavy atom. The summed E-state index contributed by atoms with van der Waals surface area (Å²) in [5.74, 6) is 1.52. The monoisotopic (exact) mass is 483 g/mol. The van der Waals surface area contributed by atoms with Crippen LogP contribution in [-0.2, 0) is 0 Å². The van der Waals surface area contributed by atoms with Gasteiger partial charge in [-0.2, -0.15) is 0 Å². The Morgan fingerprint density at radius 2 is 1.30 bits per heavy atom. The van der Waals surface area contributed by atoms with Crippen molar-refractivity contribution in [2.24, 2.45) is 0 Å². The predicted molar refractivity (Wildman–Crippen MR) is 144 cm³/mol. The molecule has 37 heavy (non-hydrogen) atoms. The SMILES string of the molecule is C=C(Oc1ccccc1N)c1cncc(-c2cncc(-c3cncc(-c4nc5ccccc5o4)c3)c2)c1. The average Bonchev–Trinajstić information content (AvgIpc) is 3.39. The molecule has 178 valence electrons. The van der Waals surface area contributed by atoms with Gasteiger partial charge >= 0.3 is 0 Å². The first-order valence-electron chi connectivity index (χ1n) is 11.6. The van der Waals surface area contributed by atoms with E-state index in [2.05, 4.69) is 26.5 Å². The Hall–Kier alpha value is -5.30. The second kappa shape index (κ2) is 9.39. The van der Waals surface area contributed by atoms with Crippen LogP contribution in [0.15, 0.2) is 115 Å². The summed E-state index contributed by atoms with van der Waals surface area (Å²) in [6, 6.07) is 21.0. The van der Waals surface area contributed by atoms with Gasteiger partial charge < -0.3 is 14.9 Å². The Bertz CT molecular complexity index is 1730. The van der Waals surface area contributed by atoms with Crippen LogP contribution in [0.4, 0.5) is 5.69 Å². The summed E-state index contributed by atoms with van der Waals surface area (Å²) in [5.41, 5.74) is 13.2. The number of nitrogens with two attached hydrogens (primary N) is 1. The Morgan fingerprint density at radius 1 is 0.703 bits per heavy atom. The zero-order chi connectivity index (χ0) is 25.2. The zero-order valence-corrected chi connectivity index (χ0v) is 19.7. The fraction of sp³-hybridized carbons (Fsp3) is 0. The molecule has 6 aromatic rings. The van der Waals surface area contributed by atoms with Gasteiger partial charge in [-0.3, -0.25) is 15.0 Å². The molecule has 0 spiro atoms. The Balaban J connectivity index is 1.29. The highest BCUT2D eigenvalue weighted by Gasteiger charge is 2.12. The number of rotatable bonds is 6. The maximum Gasteiger partial charge on any atom is 0.228 e. The highest BCUT2D eigenvalue weighted by atomic mass is 16.5. The van der Waals surface area contributed by atoms with E-state index in [1.165, 1.54) is 0 Å². The van der Waals surface area contributed by atoms with Crippen LogP contribution < -0.4 is 10.5 Å². The minimum absolute atomic E-state index is 0.451. The zero-order valence-electron chi connectivity index (χ0n) is 19.7. The minimum Gasteiger partial charge on any atom is -0.455 e. The van der Waals surface area contributed by atoms with E-state index in [-0.39, 0.29) is 0 Å². The van der Waals surface area contributed by atoms with Gasteiger partial charge in [-0.25, -0.2) is 4.98 Å². The summed E-state index contributed by atoms with van der Waals surface area (Å²) in [7, 11) is 0. The number of oxazole rings is 1. The van der Waals surface area contributed by atoms with Crippen molar-refractivity contribution >= 4 is 22.5 Å². The fourth-order valence-electron chi connectivity index (χ4n) is 3.98. The predicted octanol–water partition coefficient (Wildman–Crippen LogP) is 6.65. The number of anilines is 1. The molecule has 0 fully saturated rings. The van der Waals surface area contributed by atoms with Gasteiger partial charge in [0.1, 0.15) is 17.0 Å². The summed E-state index contributed by atoms with van der Waals surface area (Å²) in [5, 5.41) is 0. The molecule has 2 aromatic carbocycles. The first-order valence-corrected chi connectivity index (χ1v) is 11.6. The smallest absolute Gasteiger partial charge is 0.228 e. The molecule has 7 nitrogen and oxygen atoms in total. The first kappa shape index (κ1) is 22.2. The van der Waals surface area contributed by atoms with E-state index >= 15 is 0 Å². The topological polar surface area (TPSA) is 100.0 Å². The van der Waals surface area contributed by atoms with Crippen LogP contribution in [0.5, 0.6) is 5.75 Å². The van der Waals surface area contributed by atoms with E-state index in [0.717, 1.165) is 44.5 Å². The molecule has 0 saturated heterocycles. The largest absolute Gasteiger partial charge is 0.455 e. The van der Waals surface area contributed by atoms with Crippen molar-refractivity contribution in [3.05, 3.63) is 116 Å². The van der Waals surface area contributed by atoms with Crippen LogP contribution in [0, 0.1) is 0 Å². The summed E-state index contributed by atoms with van der Waals surface area (Å²) in [6.07, 6.45) is 10.6. The molecule has 0 radical (unpaired) electrons. The first-order chi connectivity index (χ1) is 18.1. The number of hydrogen-bond acceptors (Lipinski definition) is 7. The van der Waals surface area contributed by atoms with Crippen molar-refractivity contribution in [2.75, 3.05) is 5.73 Å². The third-order valence-corrected chi connectivity index (χ3v) is 5.90. The number of aromatic nitrogens is 4. The van der Waals surface area contributed by atoms with E-state index < -0.39 is 0 Å². The number of pyridine rings is 3. The van der Waals surface area contributed by atoms with Crippen LogP contribution in [0.1, 0.15) is 5.56 Å². The van der Waals surface area contributed by atoms with E-state index in [9.17, 15) is 0 Å². The van der Waals surface area contributed by atoms with Crippen LogP contribution in [0.2, 0.25) is 0 Å². The summed E-state index contributed by atoms with van der Waals surface area (Å²) >= 11 is 0. The van der Waals surface area contributed by atoms with Gasteiger partial charge in [0.25, 0.3) is 0 Å². The number of ether oxygens (including phenoxy) is 1.